The summed E-state index contributed by atoms with van der Waals surface area (Å²) in [4.78, 5) is 0. The highest BCUT2D eigenvalue weighted by Crippen LogP contribution is 2.68. The van der Waals surface area contributed by atoms with Crippen LogP contribution in [0.5, 0.6) is 5.75 Å². The summed E-state index contributed by atoms with van der Waals surface area (Å²) in [5.74, 6) is -10.1. The summed E-state index contributed by atoms with van der Waals surface area (Å²) in [6.07, 6.45) is 0. The number of rotatable bonds is 1. The van der Waals surface area contributed by atoms with E-state index in [0.29, 0.717) is 0 Å². The van der Waals surface area contributed by atoms with Crippen molar-refractivity contribution in [2.24, 2.45) is 0 Å². The molecule has 1 nitrogen and oxygen atoms in total. The molecule has 1 aromatic carbocycles. The van der Waals surface area contributed by atoms with Crippen molar-refractivity contribution in [1.82, 2.24) is 0 Å². The average molecular weight is 206 g/mol. The van der Waals surface area contributed by atoms with Crippen LogP contribution in [0.3, 0.4) is 0 Å². The Morgan fingerprint density at radius 1 is 0.929 bits per heavy atom. The second-order valence-electron chi connectivity index (χ2n) is 3.27. The Bertz CT molecular complexity index is 344. The van der Waals surface area contributed by atoms with Gasteiger partial charge in [-0.2, -0.15) is 17.6 Å². The van der Waals surface area contributed by atoms with Crippen LogP contribution in [0.1, 0.15) is 11.5 Å². The lowest BCUT2D eigenvalue weighted by atomic mass is 10.1. The molecule has 5 heteroatoms. The molecular formula is C9H6F4O. The van der Waals surface area contributed by atoms with E-state index >= 15 is 0 Å². The lowest BCUT2D eigenvalue weighted by molar-refractivity contribution is -0.0278. The van der Waals surface area contributed by atoms with Crippen LogP contribution in [0.4, 0.5) is 17.6 Å². The van der Waals surface area contributed by atoms with Gasteiger partial charge in [-0.15, -0.1) is 0 Å². The molecule has 0 aromatic heterocycles. The molecule has 0 heterocycles. The van der Waals surface area contributed by atoms with Crippen molar-refractivity contribution in [1.29, 1.82) is 0 Å². The van der Waals surface area contributed by atoms with Crippen molar-refractivity contribution < 1.29 is 22.7 Å². The number of benzene rings is 1. The van der Waals surface area contributed by atoms with Crippen molar-refractivity contribution in [3.05, 3.63) is 29.8 Å². The summed E-state index contributed by atoms with van der Waals surface area (Å²) >= 11 is 0. The summed E-state index contributed by atoms with van der Waals surface area (Å²) < 4.78 is 50.2. The van der Waals surface area contributed by atoms with E-state index in [0.717, 1.165) is 24.3 Å². The lowest BCUT2D eigenvalue weighted by Gasteiger charge is -1.97. The number of hydrogen-bond acceptors (Lipinski definition) is 1. The Hall–Kier alpha value is -1.26. The fourth-order valence-electron chi connectivity index (χ4n) is 1.43. The number of phenols is 1. The van der Waals surface area contributed by atoms with Gasteiger partial charge in [0.25, 0.3) is 0 Å². The molecule has 0 saturated heterocycles. The van der Waals surface area contributed by atoms with Crippen molar-refractivity contribution in [2.75, 3.05) is 0 Å². The SMILES string of the molecule is Oc1ccc(C2C(F)(F)C2(F)F)cc1. The van der Waals surface area contributed by atoms with Gasteiger partial charge in [-0.1, -0.05) is 12.1 Å². The van der Waals surface area contributed by atoms with Crippen molar-refractivity contribution in [3.63, 3.8) is 0 Å². The molecular weight excluding hydrogens is 200 g/mol. The Morgan fingerprint density at radius 2 is 1.36 bits per heavy atom. The molecule has 2 rings (SSSR count). The van der Waals surface area contributed by atoms with Crippen LogP contribution >= 0.6 is 0 Å². The molecule has 0 aliphatic heterocycles. The highest BCUT2D eigenvalue weighted by molar-refractivity contribution is 5.39. The first-order chi connectivity index (χ1) is 6.37. The van der Waals surface area contributed by atoms with Crippen molar-refractivity contribution in [2.45, 2.75) is 17.8 Å². The molecule has 0 radical (unpaired) electrons. The minimum atomic E-state index is -3.95. The van der Waals surface area contributed by atoms with Crippen LogP contribution < -0.4 is 0 Å². The highest BCUT2D eigenvalue weighted by atomic mass is 19.3. The summed E-state index contributed by atoms with van der Waals surface area (Å²) in [5, 5.41) is 8.84. The topological polar surface area (TPSA) is 20.2 Å². The molecule has 0 spiro atoms. The highest BCUT2D eigenvalue weighted by Gasteiger charge is 2.85. The minimum Gasteiger partial charge on any atom is -0.508 e. The van der Waals surface area contributed by atoms with Crippen LogP contribution in [0.15, 0.2) is 24.3 Å². The van der Waals surface area contributed by atoms with E-state index in [1.807, 2.05) is 0 Å². The molecule has 1 aliphatic carbocycles. The predicted octanol–water partition coefficient (Wildman–Crippen LogP) is 2.76. The Kier molecular flexibility index (Phi) is 1.60. The zero-order chi connectivity index (χ0) is 10.6. The fraction of sp³-hybridized carbons (Fsp3) is 0.333. The zero-order valence-corrected chi connectivity index (χ0v) is 6.85. The van der Waals surface area contributed by atoms with Gasteiger partial charge in [0.2, 0.25) is 0 Å². The van der Waals surface area contributed by atoms with Gasteiger partial charge in [-0.3, -0.25) is 0 Å². The van der Waals surface area contributed by atoms with Crippen LogP contribution in [0, 0.1) is 0 Å². The monoisotopic (exact) mass is 206 g/mol. The van der Waals surface area contributed by atoms with Crippen molar-refractivity contribution >= 4 is 0 Å². The van der Waals surface area contributed by atoms with Gasteiger partial charge in [0, 0.05) is 0 Å². The maximum Gasteiger partial charge on any atom is 0.323 e. The molecule has 14 heavy (non-hydrogen) atoms. The smallest absolute Gasteiger partial charge is 0.323 e. The molecule has 1 aromatic rings. The van der Waals surface area contributed by atoms with E-state index in [2.05, 4.69) is 0 Å². The van der Waals surface area contributed by atoms with Gasteiger partial charge in [-0.05, 0) is 17.7 Å². The number of alkyl halides is 4. The second kappa shape index (κ2) is 2.40. The Morgan fingerprint density at radius 3 is 1.71 bits per heavy atom. The normalized spacial score (nSPS) is 23.4. The Labute approximate surface area is 77.0 Å². The van der Waals surface area contributed by atoms with Crippen LogP contribution in [0.25, 0.3) is 0 Å². The zero-order valence-electron chi connectivity index (χ0n) is 6.85. The summed E-state index contributed by atoms with van der Waals surface area (Å²) in [7, 11) is 0. The molecule has 1 saturated carbocycles. The third kappa shape index (κ3) is 1.01. The summed E-state index contributed by atoms with van der Waals surface area (Å²) in [6.45, 7) is 0. The number of aromatic hydroxyl groups is 1. The van der Waals surface area contributed by atoms with E-state index in [9.17, 15) is 17.6 Å². The van der Waals surface area contributed by atoms with Crippen molar-refractivity contribution in [3.8, 4) is 5.75 Å². The molecule has 0 atom stereocenters. The van der Waals surface area contributed by atoms with Gasteiger partial charge in [-0.25, -0.2) is 0 Å². The fourth-order valence-corrected chi connectivity index (χ4v) is 1.43. The molecule has 1 aliphatic rings. The van der Waals surface area contributed by atoms with Crippen LogP contribution in [-0.4, -0.2) is 17.0 Å². The van der Waals surface area contributed by atoms with E-state index < -0.39 is 17.8 Å². The van der Waals surface area contributed by atoms with Gasteiger partial charge < -0.3 is 5.11 Å². The molecule has 0 amide bonds. The standard InChI is InChI=1S/C9H6F4O/c10-8(11)7(9(8,12)13)5-1-3-6(14)4-2-5/h1-4,7,14H. The largest absolute Gasteiger partial charge is 0.508 e. The molecule has 76 valence electrons. The van der Waals surface area contributed by atoms with Crippen LogP contribution in [-0.2, 0) is 0 Å². The summed E-state index contributed by atoms with van der Waals surface area (Å²) in [5.41, 5.74) is -0.155. The number of phenolic OH excluding ortho intramolecular Hbond substituents is 1. The predicted molar refractivity (Wildman–Crippen MR) is 40.7 cm³/mol. The van der Waals surface area contributed by atoms with E-state index in [1.165, 1.54) is 0 Å². The lowest BCUT2D eigenvalue weighted by Crippen LogP contribution is -2.02. The Balaban J connectivity index is 2.32. The van der Waals surface area contributed by atoms with Crippen LogP contribution in [0.2, 0.25) is 0 Å². The van der Waals surface area contributed by atoms with E-state index in [1.54, 1.807) is 0 Å². The van der Waals surface area contributed by atoms with Gasteiger partial charge in [0.1, 0.15) is 11.7 Å². The first kappa shape index (κ1) is 9.30. The molecule has 1 N–H and O–H groups in total. The maximum absolute atomic E-state index is 12.5. The molecule has 0 unspecified atom stereocenters. The van der Waals surface area contributed by atoms with Gasteiger partial charge >= 0.3 is 11.8 Å². The van der Waals surface area contributed by atoms with E-state index in [-0.39, 0.29) is 11.3 Å². The quantitative estimate of drug-likeness (QED) is 0.700. The van der Waals surface area contributed by atoms with Gasteiger partial charge in [0.15, 0.2) is 0 Å². The average Bonchev–Trinajstić information content (AvgIpc) is 2.46. The van der Waals surface area contributed by atoms with E-state index in [4.69, 9.17) is 5.11 Å². The second-order valence-corrected chi connectivity index (χ2v) is 3.27. The van der Waals surface area contributed by atoms with Gasteiger partial charge in [0.05, 0.1) is 0 Å². The first-order valence-corrected chi connectivity index (χ1v) is 3.92. The summed E-state index contributed by atoms with van der Waals surface area (Å²) in [6, 6.07) is 4.38. The maximum atomic E-state index is 12.5. The minimum absolute atomic E-state index is 0.138. The number of hydrogen-bond donors (Lipinski definition) is 1. The number of halogens is 4. The third-order valence-electron chi connectivity index (χ3n) is 2.31. The molecule has 1 fully saturated rings. The molecule has 0 bridgehead atoms. The third-order valence-corrected chi connectivity index (χ3v) is 2.31. The first-order valence-electron chi connectivity index (χ1n) is 3.92.